The monoisotopic (exact) mass is 532 g/mol. The van der Waals surface area contributed by atoms with Gasteiger partial charge in [-0.15, -0.1) is 0 Å². The topological polar surface area (TPSA) is 47.9 Å². The number of fused-ring (bicyclic) bond motifs is 1. The molecule has 1 saturated carbocycles. The standard InChI is InChI=1S/C30H52O4Si2/c1-29(2,3)35(7,8)33-23(17-16-22-14-12-11-13-15-22)18-19-24-25-20-28(31)32-26(25)21-27(24)34-36(9,10)30(4,5)6/h11-15,18-19,23-28,31H,16-17,20-21H2,1-10H3/t23-,24+,25+,26-,27+,28?/m0/s1. The van der Waals surface area contributed by atoms with Gasteiger partial charge in [-0.3, -0.25) is 0 Å². The first kappa shape index (κ1) is 29.8. The molecule has 3 rings (SSSR count). The minimum Gasteiger partial charge on any atom is -0.413 e. The first-order valence-electron chi connectivity index (χ1n) is 13.9. The van der Waals surface area contributed by atoms with Crippen LogP contribution in [0.1, 0.15) is 66.4 Å². The zero-order valence-electron chi connectivity index (χ0n) is 24.5. The summed E-state index contributed by atoms with van der Waals surface area (Å²) in [5.41, 5.74) is 1.35. The van der Waals surface area contributed by atoms with Crippen LogP contribution in [0.4, 0.5) is 0 Å². The van der Waals surface area contributed by atoms with Gasteiger partial charge < -0.3 is 18.7 Å². The molecule has 1 aromatic carbocycles. The quantitative estimate of drug-likeness (QED) is 0.261. The zero-order valence-corrected chi connectivity index (χ0v) is 26.5. The number of hydrogen-bond donors (Lipinski definition) is 1. The van der Waals surface area contributed by atoms with Gasteiger partial charge in [-0.2, -0.15) is 0 Å². The summed E-state index contributed by atoms with van der Waals surface area (Å²) in [4.78, 5) is 0. The fourth-order valence-electron chi connectivity index (χ4n) is 4.94. The molecule has 1 N–H and O–H groups in total. The lowest BCUT2D eigenvalue weighted by atomic mass is 9.91. The first-order valence-corrected chi connectivity index (χ1v) is 19.7. The third-order valence-electron chi connectivity index (χ3n) is 9.28. The molecule has 1 heterocycles. The molecule has 1 aromatic rings. The minimum atomic E-state index is -1.94. The molecule has 6 heteroatoms. The van der Waals surface area contributed by atoms with Gasteiger partial charge in [0.15, 0.2) is 22.9 Å². The van der Waals surface area contributed by atoms with Gasteiger partial charge in [0.1, 0.15) is 0 Å². The van der Waals surface area contributed by atoms with Gasteiger partial charge in [0.05, 0.1) is 18.3 Å². The van der Waals surface area contributed by atoms with Crippen molar-refractivity contribution in [2.24, 2.45) is 11.8 Å². The molecular weight excluding hydrogens is 480 g/mol. The van der Waals surface area contributed by atoms with Gasteiger partial charge in [0.25, 0.3) is 0 Å². The van der Waals surface area contributed by atoms with Crippen molar-refractivity contribution in [2.45, 2.75) is 128 Å². The van der Waals surface area contributed by atoms with E-state index >= 15 is 0 Å². The van der Waals surface area contributed by atoms with Crippen LogP contribution >= 0.6 is 0 Å². The van der Waals surface area contributed by atoms with Crippen LogP contribution in [0, 0.1) is 11.8 Å². The van der Waals surface area contributed by atoms with Crippen molar-refractivity contribution in [3.63, 3.8) is 0 Å². The zero-order chi connectivity index (χ0) is 26.9. The van der Waals surface area contributed by atoms with Crippen molar-refractivity contribution >= 4 is 16.6 Å². The normalized spacial score (nSPS) is 28.6. The third-order valence-corrected chi connectivity index (χ3v) is 18.3. The van der Waals surface area contributed by atoms with Gasteiger partial charge in [-0.25, -0.2) is 0 Å². The summed E-state index contributed by atoms with van der Waals surface area (Å²) >= 11 is 0. The second-order valence-corrected chi connectivity index (χ2v) is 23.6. The SMILES string of the molecule is CC(C)(C)[Si](C)(C)O[C@H](C=C[C@@H]1[C@H]2CC(O)O[C@H]2C[C@H]1O[Si](C)(C)C(C)(C)C)CCc1ccccc1. The Hall–Kier alpha value is -0.766. The lowest BCUT2D eigenvalue weighted by Gasteiger charge is -2.40. The van der Waals surface area contributed by atoms with E-state index in [9.17, 15) is 5.11 Å². The summed E-state index contributed by atoms with van der Waals surface area (Å²) in [7, 11) is -3.87. The van der Waals surface area contributed by atoms with Crippen molar-refractivity contribution < 1.29 is 18.7 Å². The Morgan fingerprint density at radius 1 is 0.972 bits per heavy atom. The van der Waals surface area contributed by atoms with Crippen molar-refractivity contribution in [1.29, 1.82) is 0 Å². The Kier molecular flexibility index (Phi) is 9.22. The summed E-state index contributed by atoms with van der Waals surface area (Å²) < 4.78 is 19.8. The maximum absolute atomic E-state index is 10.2. The summed E-state index contributed by atoms with van der Waals surface area (Å²) in [5.74, 6) is 0.539. The van der Waals surface area contributed by atoms with Crippen LogP contribution in [0.25, 0.3) is 0 Å². The smallest absolute Gasteiger partial charge is 0.192 e. The van der Waals surface area contributed by atoms with E-state index in [0.717, 1.165) is 19.3 Å². The molecule has 0 spiro atoms. The number of rotatable bonds is 9. The van der Waals surface area contributed by atoms with Gasteiger partial charge in [-0.1, -0.05) is 84.0 Å². The van der Waals surface area contributed by atoms with E-state index in [0.29, 0.717) is 12.3 Å². The Morgan fingerprint density at radius 3 is 2.17 bits per heavy atom. The third kappa shape index (κ3) is 7.20. The Morgan fingerprint density at radius 2 is 1.58 bits per heavy atom. The summed E-state index contributed by atoms with van der Waals surface area (Å²) in [6.07, 6.45) is 7.81. The van der Waals surface area contributed by atoms with Gasteiger partial charge in [0.2, 0.25) is 0 Å². The molecule has 204 valence electrons. The van der Waals surface area contributed by atoms with Crippen molar-refractivity contribution in [1.82, 2.24) is 0 Å². The molecule has 1 aliphatic heterocycles. The van der Waals surface area contributed by atoms with Crippen LogP contribution in [0.5, 0.6) is 0 Å². The lowest BCUT2D eigenvalue weighted by molar-refractivity contribution is -0.0945. The Bertz CT molecular complexity index is 869. The van der Waals surface area contributed by atoms with Crippen molar-refractivity contribution in [3.8, 4) is 0 Å². The van der Waals surface area contributed by atoms with E-state index in [-0.39, 0.29) is 34.3 Å². The summed E-state index contributed by atoms with van der Waals surface area (Å²) in [6, 6.07) is 10.7. The molecule has 4 nitrogen and oxygen atoms in total. The highest BCUT2D eigenvalue weighted by Gasteiger charge is 2.51. The highest BCUT2D eigenvalue weighted by Crippen LogP contribution is 2.48. The van der Waals surface area contributed by atoms with E-state index in [4.69, 9.17) is 13.6 Å². The molecule has 0 radical (unpaired) electrons. The molecular formula is C30H52O4Si2. The average Bonchev–Trinajstić information content (AvgIpc) is 3.24. The first-order chi connectivity index (χ1) is 16.5. The number of ether oxygens (including phenoxy) is 1. The molecule has 2 aliphatic rings. The molecule has 0 aromatic heterocycles. The molecule has 2 fully saturated rings. The number of aliphatic hydroxyl groups excluding tert-OH is 1. The van der Waals surface area contributed by atoms with Gasteiger partial charge in [-0.05, 0) is 67.0 Å². The van der Waals surface area contributed by atoms with Crippen LogP contribution in [0.2, 0.25) is 36.3 Å². The molecule has 0 bridgehead atoms. The second kappa shape index (κ2) is 11.1. The predicted molar refractivity (Wildman–Crippen MR) is 155 cm³/mol. The Balaban J connectivity index is 1.83. The maximum atomic E-state index is 10.2. The van der Waals surface area contributed by atoms with Crippen LogP contribution in [-0.4, -0.2) is 46.3 Å². The fraction of sp³-hybridized carbons (Fsp3) is 0.733. The summed E-state index contributed by atoms with van der Waals surface area (Å²) in [6.45, 7) is 23.2. The van der Waals surface area contributed by atoms with E-state index < -0.39 is 22.9 Å². The predicted octanol–water partition coefficient (Wildman–Crippen LogP) is 7.70. The molecule has 0 amide bonds. The molecule has 6 atom stereocenters. The largest absolute Gasteiger partial charge is 0.413 e. The van der Waals surface area contributed by atoms with Crippen LogP contribution in [0.3, 0.4) is 0 Å². The maximum Gasteiger partial charge on any atom is 0.192 e. The molecule has 1 aliphatic carbocycles. The van der Waals surface area contributed by atoms with Gasteiger partial charge in [0, 0.05) is 12.3 Å². The van der Waals surface area contributed by atoms with E-state index in [1.165, 1.54) is 5.56 Å². The second-order valence-electron chi connectivity index (χ2n) is 14.1. The summed E-state index contributed by atoms with van der Waals surface area (Å²) in [5, 5.41) is 10.5. The van der Waals surface area contributed by atoms with Crippen LogP contribution in [0.15, 0.2) is 42.5 Å². The average molecular weight is 533 g/mol. The van der Waals surface area contributed by atoms with Gasteiger partial charge >= 0.3 is 0 Å². The Labute approximate surface area is 223 Å². The van der Waals surface area contributed by atoms with E-state index in [1.807, 2.05) is 0 Å². The van der Waals surface area contributed by atoms with E-state index in [2.05, 4.69) is 110 Å². The van der Waals surface area contributed by atoms with Crippen LogP contribution in [-0.2, 0) is 20.0 Å². The van der Waals surface area contributed by atoms with E-state index in [1.54, 1.807) is 0 Å². The number of aliphatic hydroxyl groups is 1. The number of aryl methyl sites for hydroxylation is 1. The fourth-order valence-corrected chi connectivity index (χ4v) is 7.61. The number of benzene rings is 1. The molecule has 1 unspecified atom stereocenters. The van der Waals surface area contributed by atoms with Crippen molar-refractivity contribution in [2.75, 3.05) is 0 Å². The van der Waals surface area contributed by atoms with Crippen molar-refractivity contribution in [3.05, 3.63) is 48.0 Å². The minimum absolute atomic E-state index is 0.0610. The molecule has 1 saturated heterocycles. The highest BCUT2D eigenvalue weighted by atomic mass is 28.4. The van der Waals surface area contributed by atoms with Crippen LogP contribution < -0.4 is 0 Å². The lowest BCUT2D eigenvalue weighted by Crippen LogP contribution is -2.45. The number of hydrogen-bond acceptors (Lipinski definition) is 4. The molecule has 36 heavy (non-hydrogen) atoms. The highest BCUT2D eigenvalue weighted by molar-refractivity contribution is 6.74.